The quantitative estimate of drug-likeness (QED) is 0.179. The van der Waals surface area contributed by atoms with Crippen molar-refractivity contribution in [3.05, 3.63) is 148 Å². The monoisotopic (exact) mass is 694 g/mol. The fraction of sp³-hybridized carbons (Fsp3) is 0.265. The summed E-state index contributed by atoms with van der Waals surface area (Å²) in [6.07, 6.45) is 9.69. The Morgan fingerprint density at radius 2 is 1.56 bits per heavy atom. The number of hydrogen-bond acceptors (Lipinski definition) is 3. The lowest BCUT2D eigenvalue weighted by Crippen LogP contribution is -2.22. The smallest absolute Gasteiger partial charge is 0.0752 e. The maximum absolute atomic E-state index is 5.67. The molecule has 2 aliphatic carbocycles. The second-order valence-electron chi connectivity index (χ2n) is 17.2. The largest absolute Gasteiger partial charge is 0.256 e. The molecule has 9 rings (SSSR count). The first-order chi connectivity index (χ1) is 24.9. The van der Waals surface area contributed by atoms with E-state index in [1.54, 1.807) is 0 Å². The van der Waals surface area contributed by atoms with E-state index in [1.807, 2.05) is 17.5 Å². The van der Waals surface area contributed by atoms with Crippen LogP contribution in [0.5, 0.6) is 0 Å². The highest BCUT2D eigenvalue weighted by atomic mass is 32.1. The van der Waals surface area contributed by atoms with Crippen molar-refractivity contribution >= 4 is 38.3 Å². The van der Waals surface area contributed by atoms with Crippen molar-refractivity contribution in [3.63, 3.8) is 0 Å². The van der Waals surface area contributed by atoms with Crippen molar-refractivity contribution < 1.29 is 0 Å². The van der Waals surface area contributed by atoms with E-state index in [4.69, 9.17) is 9.97 Å². The Hall–Kier alpha value is -4.86. The van der Waals surface area contributed by atoms with Crippen LogP contribution in [-0.2, 0) is 29.1 Å². The van der Waals surface area contributed by atoms with Crippen LogP contribution in [-0.4, -0.2) is 9.97 Å². The SMILES string of the molecule is CC(C)(C)c1ccnc(-c2cccc(C(C)(C)Cc3cc4c(c(-c5ccc6sc7c(c6c5)C=CCC7)n3)C(C)(C)c3cc5ccccc5cc3-4)c2)c1. The minimum absolute atomic E-state index is 0.0645. The molecule has 0 saturated heterocycles. The van der Waals surface area contributed by atoms with Crippen molar-refractivity contribution in [1.82, 2.24) is 9.97 Å². The summed E-state index contributed by atoms with van der Waals surface area (Å²) in [6, 6.07) is 36.5. The van der Waals surface area contributed by atoms with Gasteiger partial charge in [0.05, 0.1) is 11.4 Å². The molecule has 0 spiro atoms. The van der Waals surface area contributed by atoms with Gasteiger partial charge in [0.1, 0.15) is 0 Å². The molecular formula is C49H46N2S. The molecule has 0 radical (unpaired) electrons. The molecule has 2 aliphatic rings. The number of allylic oxidation sites excluding steroid dienone is 1. The predicted octanol–water partition coefficient (Wildman–Crippen LogP) is 13.3. The van der Waals surface area contributed by atoms with Gasteiger partial charge in [-0.2, -0.15) is 0 Å². The average molecular weight is 695 g/mol. The summed E-state index contributed by atoms with van der Waals surface area (Å²) in [6.45, 7) is 16.3. The summed E-state index contributed by atoms with van der Waals surface area (Å²) in [5.74, 6) is 0. The second kappa shape index (κ2) is 11.8. The van der Waals surface area contributed by atoms with Crippen LogP contribution in [0.4, 0.5) is 0 Å². The zero-order valence-electron chi connectivity index (χ0n) is 31.4. The van der Waals surface area contributed by atoms with Crippen molar-refractivity contribution in [2.75, 3.05) is 0 Å². The molecule has 0 fully saturated rings. The van der Waals surface area contributed by atoms with Gasteiger partial charge >= 0.3 is 0 Å². The van der Waals surface area contributed by atoms with Crippen molar-refractivity contribution in [2.24, 2.45) is 0 Å². The number of thiophene rings is 1. The summed E-state index contributed by atoms with van der Waals surface area (Å²) in [5, 5.41) is 3.93. The zero-order valence-corrected chi connectivity index (χ0v) is 32.2. The number of aryl methyl sites for hydroxylation is 1. The van der Waals surface area contributed by atoms with E-state index in [2.05, 4.69) is 158 Å². The minimum Gasteiger partial charge on any atom is -0.256 e. The Bertz CT molecular complexity index is 2590. The van der Waals surface area contributed by atoms with E-state index in [0.717, 1.165) is 41.9 Å². The first kappa shape index (κ1) is 33.0. The Labute approximate surface area is 312 Å². The standard InChI is InChI=1S/C49H46N2S/c1-47(2,3)34-21-22-50-42(27-34)32-15-12-16-35(23-32)48(4,5)29-36-28-40-38-24-30-13-8-9-14-31(30)26-41(38)49(6,7)45(40)46(51-36)33-19-20-44-39(25-33)37-17-10-11-18-43(37)52-44/h8-10,12-17,19-28H,11,18,29H2,1-7H3. The first-order valence-corrected chi connectivity index (χ1v) is 19.6. The summed E-state index contributed by atoms with van der Waals surface area (Å²) >= 11 is 1.95. The highest BCUT2D eigenvalue weighted by Gasteiger charge is 2.40. The number of aromatic nitrogens is 2. The van der Waals surface area contributed by atoms with Crippen LogP contribution >= 0.6 is 11.3 Å². The van der Waals surface area contributed by atoms with Crippen LogP contribution in [0.3, 0.4) is 0 Å². The normalized spacial score (nSPS) is 14.8. The molecule has 0 amide bonds. The van der Waals surface area contributed by atoms with Gasteiger partial charge in [-0.3, -0.25) is 9.97 Å². The summed E-state index contributed by atoms with van der Waals surface area (Å²) in [4.78, 5) is 12.0. The molecule has 0 saturated carbocycles. The van der Waals surface area contributed by atoms with E-state index in [-0.39, 0.29) is 16.2 Å². The molecule has 3 heteroatoms. The average Bonchev–Trinajstić information content (AvgIpc) is 3.61. The molecule has 3 heterocycles. The lowest BCUT2D eigenvalue weighted by Gasteiger charge is -2.28. The van der Waals surface area contributed by atoms with Crippen LogP contribution in [0, 0.1) is 0 Å². The summed E-state index contributed by atoms with van der Waals surface area (Å²) in [5.41, 5.74) is 14.7. The van der Waals surface area contributed by atoms with E-state index in [0.29, 0.717) is 0 Å². The fourth-order valence-electron chi connectivity index (χ4n) is 8.67. The molecule has 7 aromatic rings. The number of pyridine rings is 2. The molecule has 258 valence electrons. The third kappa shape index (κ3) is 5.44. The molecule has 0 aliphatic heterocycles. The summed E-state index contributed by atoms with van der Waals surface area (Å²) < 4.78 is 1.37. The number of hydrogen-bond donors (Lipinski definition) is 0. The third-order valence-electron chi connectivity index (χ3n) is 11.6. The van der Waals surface area contributed by atoms with Crippen LogP contribution in [0.25, 0.3) is 60.6 Å². The Morgan fingerprint density at radius 1 is 0.750 bits per heavy atom. The molecule has 2 nitrogen and oxygen atoms in total. The van der Waals surface area contributed by atoms with Gasteiger partial charge in [0, 0.05) is 43.4 Å². The highest BCUT2D eigenvalue weighted by molar-refractivity contribution is 7.19. The number of fused-ring (bicyclic) bond motifs is 7. The fourth-order valence-corrected chi connectivity index (χ4v) is 9.85. The van der Waals surface area contributed by atoms with Crippen LogP contribution in [0.15, 0.2) is 109 Å². The van der Waals surface area contributed by atoms with Crippen molar-refractivity contribution in [3.8, 4) is 33.6 Å². The maximum Gasteiger partial charge on any atom is 0.0752 e. The van der Waals surface area contributed by atoms with E-state index in [9.17, 15) is 0 Å². The molecule has 0 atom stereocenters. The van der Waals surface area contributed by atoms with Gasteiger partial charge in [-0.1, -0.05) is 109 Å². The molecule has 52 heavy (non-hydrogen) atoms. The Balaban J connectivity index is 1.19. The third-order valence-corrected chi connectivity index (χ3v) is 12.9. The van der Waals surface area contributed by atoms with Gasteiger partial charge in [-0.25, -0.2) is 0 Å². The number of rotatable bonds is 5. The van der Waals surface area contributed by atoms with Crippen LogP contribution in [0.2, 0.25) is 0 Å². The molecule has 4 aromatic carbocycles. The molecule has 0 bridgehead atoms. The van der Waals surface area contributed by atoms with Gasteiger partial charge in [0.15, 0.2) is 0 Å². The highest BCUT2D eigenvalue weighted by Crippen LogP contribution is 2.53. The lowest BCUT2D eigenvalue weighted by molar-refractivity contribution is 0.515. The van der Waals surface area contributed by atoms with E-state index in [1.165, 1.54) is 70.2 Å². The predicted molar refractivity (Wildman–Crippen MR) is 223 cm³/mol. The number of nitrogens with zero attached hydrogens (tertiary/aromatic N) is 2. The van der Waals surface area contributed by atoms with Gasteiger partial charge < -0.3 is 0 Å². The summed E-state index contributed by atoms with van der Waals surface area (Å²) in [7, 11) is 0. The second-order valence-corrected chi connectivity index (χ2v) is 18.3. The van der Waals surface area contributed by atoms with Gasteiger partial charge in [0.2, 0.25) is 0 Å². The maximum atomic E-state index is 5.67. The van der Waals surface area contributed by atoms with Crippen molar-refractivity contribution in [2.45, 2.75) is 84.0 Å². The van der Waals surface area contributed by atoms with Crippen LogP contribution in [0.1, 0.15) is 93.3 Å². The zero-order chi connectivity index (χ0) is 36.0. The van der Waals surface area contributed by atoms with Crippen molar-refractivity contribution in [1.29, 1.82) is 0 Å². The lowest BCUT2D eigenvalue weighted by atomic mass is 9.78. The molecule has 0 N–H and O–H groups in total. The van der Waals surface area contributed by atoms with Gasteiger partial charge in [-0.05, 0) is 128 Å². The first-order valence-electron chi connectivity index (χ1n) is 18.7. The Morgan fingerprint density at radius 3 is 2.37 bits per heavy atom. The Kier molecular flexibility index (Phi) is 7.51. The number of benzene rings is 4. The topological polar surface area (TPSA) is 25.8 Å². The van der Waals surface area contributed by atoms with Gasteiger partial charge in [-0.15, -0.1) is 11.3 Å². The molecule has 0 unspecified atom stereocenters. The van der Waals surface area contributed by atoms with E-state index < -0.39 is 0 Å². The van der Waals surface area contributed by atoms with E-state index >= 15 is 0 Å². The molecular weight excluding hydrogens is 649 g/mol. The van der Waals surface area contributed by atoms with Crippen LogP contribution < -0.4 is 0 Å². The minimum atomic E-state index is -0.197. The van der Waals surface area contributed by atoms with Gasteiger partial charge in [0.25, 0.3) is 0 Å². The molecule has 3 aromatic heterocycles.